The summed E-state index contributed by atoms with van der Waals surface area (Å²) in [6.45, 7) is 9.06. The summed E-state index contributed by atoms with van der Waals surface area (Å²) >= 11 is 0. The Balaban J connectivity index is 1.77. The van der Waals surface area contributed by atoms with Crippen molar-refractivity contribution in [1.82, 2.24) is 10.2 Å². The van der Waals surface area contributed by atoms with E-state index in [0.29, 0.717) is 43.4 Å². The maximum Gasteiger partial charge on any atom is 0.243 e. The highest BCUT2D eigenvalue weighted by atomic mass is 32.2. The highest BCUT2D eigenvalue weighted by molar-refractivity contribution is 7.92. The lowest BCUT2D eigenvalue weighted by atomic mass is 10.1. The first-order valence-electron chi connectivity index (χ1n) is 13.6. The largest absolute Gasteiger partial charge is 0.486 e. The number of fused-ring (bicyclic) bond motifs is 1. The lowest BCUT2D eigenvalue weighted by molar-refractivity contribution is -0.141. The van der Waals surface area contributed by atoms with Crippen molar-refractivity contribution in [3.05, 3.63) is 53.6 Å². The van der Waals surface area contributed by atoms with Crippen LogP contribution in [0, 0.1) is 6.92 Å². The summed E-state index contributed by atoms with van der Waals surface area (Å²) < 4.78 is 37.8. The van der Waals surface area contributed by atoms with Crippen molar-refractivity contribution < 1.29 is 27.5 Å². The highest BCUT2D eigenvalue weighted by Crippen LogP contribution is 2.34. The molecule has 2 aromatic carbocycles. The summed E-state index contributed by atoms with van der Waals surface area (Å²) in [7, 11) is -3.62. The fourth-order valence-electron chi connectivity index (χ4n) is 4.56. The molecule has 2 amide bonds. The predicted molar refractivity (Wildman–Crippen MR) is 153 cm³/mol. The third kappa shape index (κ3) is 8.36. The van der Waals surface area contributed by atoms with Gasteiger partial charge in [0.25, 0.3) is 0 Å². The van der Waals surface area contributed by atoms with E-state index in [-0.39, 0.29) is 37.2 Å². The summed E-state index contributed by atoms with van der Waals surface area (Å²) in [5, 5.41) is 3.01. The maximum atomic E-state index is 13.6. The molecule has 0 unspecified atom stereocenters. The summed E-state index contributed by atoms with van der Waals surface area (Å²) in [6.07, 6.45) is 2.77. The Morgan fingerprint density at radius 3 is 2.38 bits per heavy atom. The predicted octanol–water partition coefficient (Wildman–Crippen LogP) is 4.03. The van der Waals surface area contributed by atoms with Crippen molar-refractivity contribution in [2.75, 3.05) is 30.3 Å². The fraction of sp³-hybridized carbons (Fsp3) is 0.517. The van der Waals surface area contributed by atoms with Crippen molar-refractivity contribution in [2.24, 2.45) is 0 Å². The van der Waals surface area contributed by atoms with E-state index in [1.807, 2.05) is 52.0 Å². The van der Waals surface area contributed by atoms with Gasteiger partial charge in [-0.2, -0.15) is 0 Å². The van der Waals surface area contributed by atoms with Crippen LogP contribution in [0.15, 0.2) is 42.5 Å². The molecule has 2 aromatic rings. The molecule has 0 fully saturated rings. The number of amides is 2. The number of aryl methyl sites for hydroxylation is 1. The van der Waals surface area contributed by atoms with Crippen LogP contribution in [0.5, 0.6) is 11.5 Å². The molecule has 0 saturated heterocycles. The maximum absolute atomic E-state index is 13.6. The molecule has 0 radical (unpaired) electrons. The van der Waals surface area contributed by atoms with Crippen LogP contribution < -0.4 is 19.1 Å². The van der Waals surface area contributed by atoms with Gasteiger partial charge in [0.05, 0.1) is 11.9 Å². The monoisotopic (exact) mass is 559 g/mol. The first-order valence-corrected chi connectivity index (χ1v) is 15.4. The van der Waals surface area contributed by atoms with Gasteiger partial charge in [0.1, 0.15) is 19.3 Å². The number of benzene rings is 2. The average molecular weight is 560 g/mol. The van der Waals surface area contributed by atoms with Gasteiger partial charge in [-0.3, -0.25) is 13.9 Å². The molecule has 1 aliphatic heterocycles. The molecule has 1 heterocycles. The molecule has 0 spiro atoms. The van der Waals surface area contributed by atoms with Gasteiger partial charge in [-0.1, -0.05) is 43.7 Å². The van der Waals surface area contributed by atoms with E-state index < -0.39 is 16.1 Å². The zero-order chi connectivity index (χ0) is 28.6. The second-order valence-electron chi connectivity index (χ2n) is 10.0. The van der Waals surface area contributed by atoms with Crippen molar-refractivity contribution in [2.45, 2.75) is 72.0 Å². The summed E-state index contributed by atoms with van der Waals surface area (Å²) in [5.41, 5.74) is 2.46. The minimum Gasteiger partial charge on any atom is -0.486 e. The minimum atomic E-state index is -3.62. The lowest BCUT2D eigenvalue weighted by Crippen LogP contribution is -2.50. The molecule has 1 N–H and O–H groups in total. The molecule has 1 aliphatic rings. The van der Waals surface area contributed by atoms with Crippen LogP contribution >= 0.6 is 0 Å². The van der Waals surface area contributed by atoms with Crippen LogP contribution in [0.25, 0.3) is 0 Å². The van der Waals surface area contributed by atoms with E-state index in [4.69, 9.17) is 9.47 Å². The SMILES string of the molecule is CC[C@@H](C)NC(=O)[C@H](CC)N(Cc1cccc(C)c1)C(=O)CCCN(c1ccc2c(c1)OCCO2)S(C)(=O)=O. The average Bonchev–Trinajstić information content (AvgIpc) is 2.89. The van der Waals surface area contributed by atoms with Gasteiger partial charge in [0, 0.05) is 31.6 Å². The zero-order valence-electron chi connectivity index (χ0n) is 23.6. The number of nitrogens with zero attached hydrogens (tertiary/aromatic N) is 2. The highest BCUT2D eigenvalue weighted by Gasteiger charge is 2.29. The first-order chi connectivity index (χ1) is 18.5. The summed E-state index contributed by atoms with van der Waals surface area (Å²) in [5.74, 6) is 0.688. The third-order valence-electron chi connectivity index (χ3n) is 6.79. The number of rotatable bonds is 13. The zero-order valence-corrected chi connectivity index (χ0v) is 24.4. The van der Waals surface area contributed by atoms with Crippen LogP contribution in [-0.2, 0) is 26.2 Å². The molecular formula is C29H41N3O6S. The van der Waals surface area contributed by atoms with Gasteiger partial charge in [-0.15, -0.1) is 0 Å². The van der Waals surface area contributed by atoms with E-state index in [0.717, 1.165) is 23.8 Å². The molecule has 3 rings (SSSR count). The Hall–Kier alpha value is -3.27. The Morgan fingerprint density at radius 2 is 1.74 bits per heavy atom. The van der Waals surface area contributed by atoms with Gasteiger partial charge < -0.3 is 19.7 Å². The van der Waals surface area contributed by atoms with Gasteiger partial charge in [0.2, 0.25) is 21.8 Å². The molecule has 0 aromatic heterocycles. The van der Waals surface area contributed by atoms with Crippen LogP contribution in [-0.4, -0.2) is 63.2 Å². The number of ether oxygens (including phenoxy) is 2. The standard InChI is InChI=1S/C29H41N3O6S/c1-6-22(4)30-29(34)25(7-2)31(20-23-11-8-10-21(3)18-23)28(33)12-9-15-32(39(5,35)36)24-13-14-26-27(19-24)38-17-16-37-26/h8,10-11,13-14,18-19,22,25H,6-7,9,12,15-17,20H2,1-5H3,(H,30,34)/t22-,25+/m1/s1. The van der Waals surface area contributed by atoms with E-state index in [9.17, 15) is 18.0 Å². The molecule has 2 atom stereocenters. The van der Waals surface area contributed by atoms with Crippen LogP contribution in [0.3, 0.4) is 0 Å². The second kappa shape index (κ2) is 13.7. The molecule has 0 bridgehead atoms. The van der Waals surface area contributed by atoms with Gasteiger partial charge >= 0.3 is 0 Å². The number of carbonyl (C=O) groups is 2. The number of nitrogens with one attached hydrogen (secondary N) is 1. The van der Waals surface area contributed by atoms with Crippen molar-refractivity contribution >= 4 is 27.5 Å². The number of hydrogen-bond acceptors (Lipinski definition) is 6. The Morgan fingerprint density at radius 1 is 1.03 bits per heavy atom. The minimum absolute atomic E-state index is 0.00297. The van der Waals surface area contributed by atoms with Crippen LogP contribution in [0.2, 0.25) is 0 Å². The third-order valence-corrected chi connectivity index (χ3v) is 7.98. The topological polar surface area (TPSA) is 105 Å². The Bertz CT molecular complexity index is 1250. The normalized spacial score (nSPS) is 14.3. The van der Waals surface area contributed by atoms with Crippen molar-refractivity contribution in [3.63, 3.8) is 0 Å². The van der Waals surface area contributed by atoms with E-state index in [1.165, 1.54) is 4.31 Å². The molecular weight excluding hydrogens is 518 g/mol. The van der Waals surface area contributed by atoms with Crippen LogP contribution in [0.4, 0.5) is 5.69 Å². The number of sulfonamides is 1. The number of hydrogen-bond donors (Lipinski definition) is 1. The fourth-order valence-corrected chi connectivity index (χ4v) is 5.52. The van der Waals surface area contributed by atoms with Gasteiger partial charge in [-0.25, -0.2) is 8.42 Å². The van der Waals surface area contributed by atoms with E-state index in [1.54, 1.807) is 23.1 Å². The van der Waals surface area contributed by atoms with Crippen LogP contribution in [0.1, 0.15) is 57.6 Å². The van der Waals surface area contributed by atoms with E-state index in [2.05, 4.69) is 5.32 Å². The Labute approximate surface area is 232 Å². The summed E-state index contributed by atoms with van der Waals surface area (Å²) in [4.78, 5) is 28.4. The number of carbonyl (C=O) groups excluding carboxylic acids is 2. The molecule has 39 heavy (non-hydrogen) atoms. The molecule has 214 valence electrons. The van der Waals surface area contributed by atoms with E-state index >= 15 is 0 Å². The molecule has 0 saturated carbocycles. The smallest absolute Gasteiger partial charge is 0.243 e. The second-order valence-corrected chi connectivity index (χ2v) is 11.9. The lowest BCUT2D eigenvalue weighted by Gasteiger charge is -2.32. The first kappa shape index (κ1) is 30.3. The van der Waals surface area contributed by atoms with Gasteiger partial charge in [-0.05, 0) is 50.8 Å². The number of anilines is 1. The molecule has 0 aliphatic carbocycles. The quantitative estimate of drug-likeness (QED) is 0.397. The van der Waals surface area contributed by atoms with Crippen molar-refractivity contribution in [1.29, 1.82) is 0 Å². The molecule has 10 heteroatoms. The Kier molecular flexibility index (Phi) is 10.6. The molecule has 9 nitrogen and oxygen atoms in total. The van der Waals surface area contributed by atoms with Crippen molar-refractivity contribution in [3.8, 4) is 11.5 Å². The van der Waals surface area contributed by atoms with Gasteiger partial charge in [0.15, 0.2) is 11.5 Å². The summed E-state index contributed by atoms with van der Waals surface area (Å²) in [6, 6.07) is 12.3.